The van der Waals surface area contributed by atoms with E-state index in [2.05, 4.69) is 5.10 Å². The van der Waals surface area contributed by atoms with Gasteiger partial charge in [0, 0.05) is 30.5 Å². The highest BCUT2D eigenvalue weighted by molar-refractivity contribution is 5.94. The highest BCUT2D eigenvalue weighted by Crippen LogP contribution is 2.30. The van der Waals surface area contributed by atoms with Crippen molar-refractivity contribution in [1.29, 1.82) is 0 Å². The molecule has 1 amide bonds. The number of carbonyl (C=O) groups is 1. The van der Waals surface area contributed by atoms with Gasteiger partial charge in [0.2, 0.25) is 0 Å². The molecule has 5 nitrogen and oxygen atoms in total. The predicted octanol–water partition coefficient (Wildman–Crippen LogP) is 3.69. The molecule has 0 bridgehead atoms. The zero-order valence-electron chi connectivity index (χ0n) is 14.7. The predicted molar refractivity (Wildman–Crippen MR) is 99.5 cm³/mol. The number of hydrogen-bond donors (Lipinski definition) is 0. The summed E-state index contributed by atoms with van der Waals surface area (Å²) in [5.74, 6) is 0.905. The lowest BCUT2D eigenvalue weighted by Crippen LogP contribution is -2.32. The second-order valence-electron chi connectivity index (χ2n) is 6.51. The van der Waals surface area contributed by atoms with Crippen LogP contribution in [-0.2, 0) is 6.54 Å². The van der Waals surface area contributed by atoms with Crippen LogP contribution in [0.15, 0.2) is 67.0 Å². The van der Waals surface area contributed by atoms with E-state index in [1.54, 1.807) is 18.0 Å². The summed E-state index contributed by atoms with van der Waals surface area (Å²) in [5.41, 5.74) is 2.76. The number of aromatic nitrogens is 2. The number of amides is 1. The number of ether oxygens (including phenoxy) is 1. The lowest BCUT2D eigenvalue weighted by atomic mass is 10.1. The number of benzene rings is 2. The third-order valence-electron chi connectivity index (χ3n) is 4.64. The molecule has 1 aliphatic carbocycles. The van der Waals surface area contributed by atoms with Crippen LogP contribution in [0.5, 0.6) is 5.75 Å². The van der Waals surface area contributed by atoms with Gasteiger partial charge in [-0.1, -0.05) is 12.1 Å². The monoisotopic (exact) mass is 347 g/mol. The van der Waals surface area contributed by atoms with E-state index in [4.69, 9.17) is 4.74 Å². The first kappa shape index (κ1) is 16.4. The molecular formula is C21H21N3O2. The van der Waals surface area contributed by atoms with E-state index in [0.717, 1.165) is 29.8 Å². The van der Waals surface area contributed by atoms with E-state index in [1.165, 1.54) is 0 Å². The molecule has 1 fully saturated rings. The minimum Gasteiger partial charge on any atom is -0.497 e. The van der Waals surface area contributed by atoms with E-state index >= 15 is 0 Å². The van der Waals surface area contributed by atoms with Crippen LogP contribution in [-0.4, -0.2) is 33.7 Å². The van der Waals surface area contributed by atoms with Gasteiger partial charge in [-0.3, -0.25) is 4.79 Å². The van der Waals surface area contributed by atoms with Crippen molar-refractivity contribution >= 4 is 5.91 Å². The van der Waals surface area contributed by atoms with E-state index in [-0.39, 0.29) is 5.91 Å². The van der Waals surface area contributed by atoms with Gasteiger partial charge in [-0.25, -0.2) is 4.68 Å². The molecule has 0 aliphatic heterocycles. The Bertz CT molecular complexity index is 867. The second-order valence-corrected chi connectivity index (χ2v) is 6.51. The highest BCUT2D eigenvalue weighted by atomic mass is 16.5. The SMILES string of the molecule is COc1ccc(CN(C(=O)c2ccc(-n3cccn3)cc2)C2CC2)cc1. The van der Waals surface area contributed by atoms with Gasteiger partial charge < -0.3 is 9.64 Å². The molecule has 1 heterocycles. The Balaban J connectivity index is 1.51. The number of hydrogen-bond acceptors (Lipinski definition) is 3. The molecule has 0 radical (unpaired) electrons. The summed E-state index contributed by atoms with van der Waals surface area (Å²) in [6.07, 6.45) is 5.78. The Morgan fingerprint density at radius 2 is 1.88 bits per heavy atom. The summed E-state index contributed by atoms with van der Waals surface area (Å²) in [5, 5.41) is 4.22. The van der Waals surface area contributed by atoms with Crippen molar-refractivity contribution in [2.45, 2.75) is 25.4 Å². The number of nitrogens with zero attached hydrogens (tertiary/aromatic N) is 3. The van der Waals surface area contributed by atoms with Crippen LogP contribution in [0, 0.1) is 0 Å². The van der Waals surface area contributed by atoms with Crippen molar-refractivity contribution in [3.63, 3.8) is 0 Å². The van der Waals surface area contributed by atoms with Crippen LogP contribution in [0.2, 0.25) is 0 Å². The number of methoxy groups -OCH3 is 1. The molecule has 1 aliphatic rings. The highest BCUT2D eigenvalue weighted by Gasteiger charge is 2.33. The third kappa shape index (κ3) is 3.47. The van der Waals surface area contributed by atoms with Gasteiger partial charge in [0.15, 0.2) is 0 Å². The van der Waals surface area contributed by atoms with Crippen LogP contribution in [0.1, 0.15) is 28.8 Å². The summed E-state index contributed by atoms with van der Waals surface area (Å²) in [6, 6.07) is 17.7. The summed E-state index contributed by atoms with van der Waals surface area (Å²) in [6.45, 7) is 0.619. The fraction of sp³-hybridized carbons (Fsp3) is 0.238. The fourth-order valence-corrected chi connectivity index (χ4v) is 3.02. The third-order valence-corrected chi connectivity index (χ3v) is 4.64. The van der Waals surface area contributed by atoms with Crippen molar-refractivity contribution < 1.29 is 9.53 Å². The molecule has 1 saturated carbocycles. The van der Waals surface area contributed by atoms with Gasteiger partial charge >= 0.3 is 0 Å². The second kappa shape index (κ2) is 7.04. The summed E-state index contributed by atoms with van der Waals surface area (Å²) in [4.78, 5) is 15.0. The maximum Gasteiger partial charge on any atom is 0.254 e. The van der Waals surface area contributed by atoms with Gasteiger partial charge in [0.1, 0.15) is 5.75 Å². The average molecular weight is 347 g/mol. The van der Waals surface area contributed by atoms with Gasteiger partial charge in [-0.2, -0.15) is 5.10 Å². The summed E-state index contributed by atoms with van der Waals surface area (Å²) >= 11 is 0. The molecule has 3 aromatic rings. The van der Waals surface area contributed by atoms with Gasteiger partial charge in [-0.05, 0) is 60.9 Å². The van der Waals surface area contributed by atoms with Crippen molar-refractivity contribution in [1.82, 2.24) is 14.7 Å². The topological polar surface area (TPSA) is 47.4 Å². The zero-order chi connectivity index (χ0) is 17.9. The van der Waals surface area contributed by atoms with Gasteiger partial charge in [0.05, 0.1) is 12.8 Å². The quantitative estimate of drug-likeness (QED) is 0.683. The molecular weight excluding hydrogens is 326 g/mol. The first-order valence-electron chi connectivity index (χ1n) is 8.78. The Morgan fingerprint density at radius 3 is 2.46 bits per heavy atom. The first-order valence-corrected chi connectivity index (χ1v) is 8.78. The van der Waals surface area contributed by atoms with Crippen LogP contribution >= 0.6 is 0 Å². The maximum absolute atomic E-state index is 13.0. The lowest BCUT2D eigenvalue weighted by molar-refractivity contribution is 0.0730. The molecule has 1 aromatic heterocycles. The molecule has 5 heteroatoms. The molecule has 0 unspecified atom stereocenters. The molecule has 132 valence electrons. The van der Waals surface area contributed by atoms with Crippen molar-refractivity contribution in [3.8, 4) is 11.4 Å². The largest absolute Gasteiger partial charge is 0.497 e. The Labute approximate surface area is 152 Å². The Kier molecular flexibility index (Phi) is 4.44. The van der Waals surface area contributed by atoms with E-state index < -0.39 is 0 Å². The van der Waals surface area contributed by atoms with Crippen molar-refractivity contribution in [2.75, 3.05) is 7.11 Å². The molecule has 0 N–H and O–H groups in total. The minimum atomic E-state index is 0.0790. The number of carbonyl (C=O) groups excluding carboxylic acids is 1. The van der Waals surface area contributed by atoms with Crippen LogP contribution in [0.25, 0.3) is 5.69 Å². The van der Waals surface area contributed by atoms with Crippen LogP contribution in [0.3, 0.4) is 0 Å². The molecule has 4 rings (SSSR count). The summed E-state index contributed by atoms with van der Waals surface area (Å²) < 4.78 is 6.99. The summed E-state index contributed by atoms with van der Waals surface area (Å²) in [7, 11) is 1.65. The number of rotatable bonds is 6. The zero-order valence-corrected chi connectivity index (χ0v) is 14.7. The molecule has 2 aromatic carbocycles. The van der Waals surface area contributed by atoms with Gasteiger partial charge in [-0.15, -0.1) is 0 Å². The van der Waals surface area contributed by atoms with Crippen LogP contribution < -0.4 is 4.74 Å². The molecule has 0 atom stereocenters. The minimum absolute atomic E-state index is 0.0790. The van der Waals surface area contributed by atoms with Gasteiger partial charge in [0.25, 0.3) is 5.91 Å². The average Bonchev–Trinajstić information content (AvgIpc) is 3.39. The Morgan fingerprint density at radius 1 is 1.15 bits per heavy atom. The first-order chi connectivity index (χ1) is 12.7. The molecule has 0 spiro atoms. The van der Waals surface area contributed by atoms with Crippen molar-refractivity contribution in [2.24, 2.45) is 0 Å². The van der Waals surface area contributed by atoms with E-state index in [9.17, 15) is 4.79 Å². The molecule has 26 heavy (non-hydrogen) atoms. The van der Waals surface area contributed by atoms with Crippen molar-refractivity contribution in [3.05, 3.63) is 78.1 Å². The smallest absolute Gasteiger partial charge is 0.254 e. The van der Waals surface area contributed by atoms with E-state index in [1.807, 2.05) is 65.7 Å². The maximum atomic E-state index is 13.0. The van der Waals surface area contributed by atoms with E-state index in [0.29, 0.717) is 18.2 Å². The Hall–Kier alpha value is -3.08. The molecule has 0 saturated heterocycles. The standard InChI is InChI=1S/C21H21N3O2/c1-26-20-11-3-16(4-12-20)15-23(18-9-10-18)21(25)17-5-7-19(8-6-17)24-14-2-13-22-24/h2-8,11-14,18H,9-10,15H2,1H3. The fourth-order valence-electron chi connectivity index (χ4n) is 3.02. The van der Waals surface area contributed by atoms with Crippen LogP contribution in [0.4, 0.5) is 0 Å². The normalized spacial score (nSPS) is 13.4. The lowest BCUT2D eigenvalue weighted by Gasteiger charge is -2.23.